The highest BCUT2D eigenvalue weighted by atomic mass is 16.5. The maximum absolute atomic E-state index is 5.66. The van der Waals surface area contributed by atoms with Gasteiger partial charge < -0.3 is 15.8 Å². The Bertz CT molecular complexity index is 521. The summed E-state index contributed by atoms with van der Waals surface area (Å²) in [6.45, 7) is 2.85. The first-order chi connectivity index (χ1) is 8.69. The smallest absolute Gasteiger partial charge is 0.119 e. The average molecular weight is 242 g/mol. The summed E-state index contributed by atoms with van der Waals surface area (Å²) in [5.74, 6) is 0.880. The van der Waals surface area contributed by atoms with Crippen molar-refractivity contribution in [3.63, 3.8) is 0 Å². The van der Waals surface area contributed by atoms with Crippen molar-refractivity contribution in [3.8, 4) is 5.75 Å². The van der Waals surface area contributed by atoms with Crippen molar-refractivity contribution < 1.29 is 4.74 Å². The van der Waals surface area contributed by atoms with Crippen molar-refractivity contribution in [1.82, 2.24) is 0 Å². The summed E-state index contributed by atoms with van der Waals surface area (Å²) in [4.78, 5) is 0. The van der Waals surface area contributed by atoms with Crippen LogP contribution in [0.25, 0.3) is 0 Å². The van der Waals surface area contributed by atoms with Crippen molar-refractivity contribution in [3.05, 3.63) is 53.6 Å². The molecule has 0 amide bonds. The van der Waals surface area contributed by atoms with Crippen LogP contribution in [0.15, 0.2) is 42.5 Å². The van der Waals surface area contributed by atoms with Crippen LogP contribution in [0.2, 0.25) is 0 Å². The van der Waals surface area contributed by atoms with Crippen LogP contribution in [0.3, 0.4) is 0 Å². The summed E-state index contributed by atoms with van der Waals surface area (Å²) < 4.78 is 5.18. The lowest BCUT2D eigenvalue weighted by atomic mass is 10.1. The van der Waals surface area contributed by atoms with Gasteiger partial charge in [-0.05, 0) is 48.4 Å². The third-order valence-corrected chi connectivity index (χ3v) is 2.90. The molecule has 0 aliphatic heterocycles. The quantitative estimate of drug-likeness (QED) is 0.809. The van der Waals surface area contributed by atoms with Crippen LogP contribution in [-0.2, 0) is 6.54 Å². The first-order valence-electron chi connectivity index (χ1n) is 5.92. The Labute approximate surface area is 108 Å². The standard InChI is InChI=1S/C15H18N2O/c1-11-9-14(18-2)7-8-15(11)17-10-12-3-5-13(16)6-4-12/h3-9,17H,10,16H2,1-2H3. The van der Waals surface area contributed by atoms with Gasteiger partial charge in [0.25, 0.3) is 0 Å². The molecular formula is C15H18N2O. The Balaban J connectivity index is 2.04. The van der Waals surface area contributed by atoms with E-state index < -0.39 is 0 Å². The summed E-state index contributed by atoms with van der Waals surface area (Å²) in [7, 11) is 1.68. The Morgan fingerprint density at radius 3 is 2.44 bits per heavy atom. The van der Waals surface area contributed by atoms with Gasteiger partial charge in [-0.1, -0.05) is 12.1 Å². The third-order valence-electron chi connectivity index (χ3n) is 2.90. The second kappa shape index (κ2) is 5.45. The van der Waals surface area contributed by atoms with Gasteiger partial charge in [-0.25, -0.2) is 0 Å². The summed E-state index contributed by atoms with van der Waals surface area (Å²) >= 11 is 0. The van der Waals surface area contributed by atoms with E-state index in [1.807, 2.05) is 42.5 Å². The highest BCUT2D eigenvalue weighted by Gasteiger charge is 2.00. The van der Waals surface area contributed by atoms with Gasteiger partial charge in [-0.15, -0.1) is 0 Å². The summed E-state index contributed by atoms with van der Waals surface area (Å²) in [5, 5.41) is 3.40. The zero-order valence-corrected chi connectivity index (χ0v) is 10.7. The van der Waals surface area contributed by atoms with Crippen LogP contribution in [0, 0.1) is 6.92 Å². The fraction of sp³-hybridized carbons (Fsp3) is 0.200. The molecule has 0 aliphatic carbocycles. The van der Waals surface area contributed by atoms with Crippen LogP contribution in [0.1, 0.15) is 11.1 Å². The molecule has 0 atom stereocenters. The maximum Gasteiger partial charge on any atom is 0.119 e. The van der Waals surface area contributed by atoms with E-state index in [1.54, 1.807) is 7.11 Å². The number of methoxy groups -OCH3 is 1. The van der Waals surface area contributed by atoms with E-state index in [0.717, 1.165) is 23.7 Å². The molecule has 3 nitrogen and oxygen atoms in total. The summed E-state index contributed by atoms with van der Waals surface area (Å²) in [6, 6.07) is 13.9. The Kier molecular flexibility index (Phi) is 3.72. The Morgan fingerprint density at radius 2 is 1.83 bits per heavy atom. The van der Waals surface area contributed by atoms with Gasteiger partial charge in [0.15, 0.2) is 0 Å². The van der Waals surface area contributed by atoms with E-state index in [-0.39, 0.29) is 0 Å². The average Bonchev–Trinajstić information content (AvgIpc) is 2.39. The summed E-state index contributed by atoms with van der Waals surface area (Å²) in [5.41, 5.74) is 9.94. The molecule has 2 rings (SSSR count). The van der Waals surface area contributed by atoms with E-state index >= 15 is 0 Å². The van der Waals surface area contributed by atoms with Crippen molar-refractivity contribution in [2.45, 2.75) is 13.5 Å². The number of hydrogen-bond acceptors (Lipinski definition) is 3. The maximum atomic E-state index is 5.66. The fourth-order valence-corrected chi connectivity index (χ4v) is 1.79. The van der Waals surface area contributed by atoms with E-state index in [2.05, 4.69) is 12.2 Å². The molecule has 0 spiro atoms. The molecule has 18 heavy (non-hydrogen) atoms. The molecule has 0 radical (unpaired) electrons. The number of ether oxygens (including phenoxy) is 1. The van der Waals surface area contributed by atoms with Crippen LogP contribution < -0.4 is 15.8 Å². The fourth-order valence-electron chi connectivity index (χ4n) is 1.79. The molecule has 0 aliphatic rings. The molecule has 0 fully saturated rings. The van der Waals surface area contributed by atoms with Crippen LogP contribution in [0.4, 0.5) is 11.4 Å². The molecule has 3 N–H and O–H groups in total. The first kappa shape index (κ1) is 12.3. The number of nitrogens with two attached hydrogens (primary N) is 1. The third kappa shape index (κ3) is 2.94. The van der Waals surface area contributed by atoms with Gasteiger partial charge >= 0.3 is 0 Å². The number of rotatable bonds is 4. The molecule has 0 bridgehead atoms. The van der Waals surface area contributed by atoms with E-state index in [4.69, 9.17) is 10.5 Å². The van der Waals surface area contributed by atoms with Gasteiger partial charge in [0, 0.05) is 17.9 Å². The first-order valence-corrected chi connectivity index (χ1v) is 5.92. The van der Waals surface area contributed by atoms with Crippen LogP contribution in [-0.4, -0.2) is 7.11 Å². The molecule has 0 unspecified atom stereocenters. The lowest BCUT2D eigenvalue weighted by Gasteiger charge is -2.11. The van der Waals surface area contributed by atoms with Crippen LogP contribution in [0.5, 0.6) is 5.75 Å². The number of benzene rings is 2. The largest absolute Gasteiger partial charge is 0.497 e. The predicted molar refractivity (Wildman–Crippen MR) is 75.9 cm³/mol. The predicted octanol–water partition coefficient (Wildman–Crippen LogP) is 3.20. The van der Waals surface area contributed by atoms with Gasteiger partial charge in [0.05, 0.1) is 7.11 Å². The molecule has 0 heterocycles. The van der Waals surface area contributed by atoms with E-state index in [1.165, 1.54) is 11.1 Å². The normalized spacial score (nSPS) is 10.1. The second-order valence-electron chi connectivity index (χ2n) is 4.28. The number of nitrogens with one attached hydrogen (secondary N) is 1. The SMILES string of the molecule is COc1ccc(NCc2ccc(N)cc2)c(C)c1. The molecule has 2 aromatic rings. The van der Waals surface area contributed by atoms with E-state index in [9.17, 15) is 0 Å². The van der Waals surface area contributed by atoms with Gasteiger partial charge in [0.1, 0.15) is 5.75 Å². The minimum atomic E-state index is 0.785. The Hall–Kier alpha value is -2.16. The second-order valence-corrected chi connectivity index (χ2v) is 4.28. The molecule has 3 heteroatoms. The van der Waals surface area contributed by atoms with Crippen molar-refractivity contribution in [1.29, 1.82) is 0 Å². The number of nitrogen functional groups attached to an aromatic ring is 1. The number of hydrogen-bond donors (Lipinski definition) is 2. The lowest BCUT2D eigenvalue weighted by molar-refractivity contribution is 0.414. The number of aryl methyl sites for hydroxylation is 1. The highest BCUT2D eigenvalue weighted by molar-refractivity contribution is 5.54. The zero-order chi connectivity index (χ0) is 13.0. The Morgan fingerprint density at radius 1 is 1.11 bits per heavy atom. The van der Waals surface area contributed by atoms with Gasteiger partial charge in [-0.3, -0.25) is 0 Å². The molecular weight excluding hydrogens is 224 g/mol. The van der Waals surface area contributed by atoms with Gasteiger partial charge in [-0.2, -0.15) is 0 Å². The highest BCUT2D eigenvalue weighted by Crippen LogP contribution is 2.21. The lowest BCUT2D eigenvalue weighted by Crippen LogP contribution is -2.01. The van der Waals surface area contributed by atoms with E-state index in [0.29, 0.717) is 0 Å². The number of anilines is 2. The van der Waals surface area contributed by atoms with Crippen molar-refractivity contribution in [2.75, 3.05) is 18.2 Å². The topological polar surface area (TPSA) is 47.3 Å². The van der Waals surface area contributed by atoms with Crippen LogP contribution >= 0.6 is 0 Å². The molecule has 94 valence electrons. The summed E-state index contributed by atoms with van der Waals surface area (Å²) in [6.07, 6.45) is 0. The monoisotopic (exact) mass is 242 g/mol. The molecule has 0 saturated heterocycles. The molecule has 0 aromatic heterocycles. The van der Waals surface area contributed by atoms with Crippen molar-refractivity contribution in [2.24, 2.45) is 0 Å². The van der Waals surface area contributed by atoms with Crippen molar-refractivity contribution >= 4 is 11.4 Å². The van der Waals surface area contributed by atoms with Gasteiger partial charge in [0.2, 0.25) is 0 Å². The molecule has 2 aromatic carbocycles. The zero-order valence-electron chi connectivity index (χ0n) is 10.7. The molecule has 0 saturated carbocycles. The minimum Gasteiger partial charge on any atom is -0.497 e. The minimum absolute atomic E-state index is 0.785.